The molecule has 2 aromatic rings. The number of ether oxygens (including phenoxy) is 2. The SMILES string of the molecule is COCCN1C(=O)C(Sc2ccc(Cl)cc2)=C(c2ccc(OCC(C)C)cc2)C1=O. The van der Waals surface area contributed by atoms with Crippen molar-refractivity contribution in [1.82, 2.24) is 4.90 Å². The molecule has 0 N–H and O–H groups in total. The fourth-order valence-electron chi connectivity index (χ4n) is 2.89. The summed E-state index contributed by atoms with van der Waals surface area (Å²) < 4.78 is 10.8. The number of hydrogen-bond donors (Lipinski definition) is 0. The molecule has 2 aromatic carbocycles. The molecule has 0 aliphatic carbocycles. The molecule has 0 bridgehead atoms. The summed E-state index contributed by atoms with van der Waals surface area (Å²) in [4.78, 5) is 28.6. The maximum Gasteiger partial charge on any atom is 0.268 e. The van der Waals surface area contributed by atoms with Gasteiger partial charge in [-0.15, -0.1) is 0 Å². The number of carbonyl (C=O) groups excluding carboxylic acids is 2. The van der Waals surface area contributed by atoms with Crippen LogP contribution in [0.5, 0.6) is 5.75 Å². The highest BCUT2D eigenvalue weighted by Crippen LogP contribution is 2.40. The molecule has 7 heteroatoms. The zero-order valence-corrected chi connectivity index (χ0v) is 18.8. The predicted octanol–water partition coefficient (Wildman–Crippen LogP) is 4.89. The highest BCUT2D eigenvalue weighted by molar-refractivity contribution is 8.04. The predicted molar refractivity (Wildman–Crippen MR) is 120 cm³/mol. The zero-order chi connectivity index (χ0) is 21.7. The molecule has 0 aromatic heterocycles. The normalized spacial score (nSPS) is 14.2. The van der Waals surface area contributed by atoms with Gasteiger partial charge in [0.2, 0.25) is 0 Å². The minimum atomic E-state index is -0.315. The van der Waals surface area contributed by atoms with Crippen molar-refractivity contribution in [3.63, 3.8) is 0 Å². The van der Waals surface area contributed by atoms with Gasteiger partial charge in [-0.3, -0.25) is 14.5 Å². The third kappa shape index (κ3) is 5.25. The lowest BCUT2D eigenvalue weighted by Crippen LogP contribution is -2.34. The summed E-state index contributed by atoms with van der Waals surface area (Å²) in [6.45, 7) is 5.26. The average molecular weight is 446 g/mol. The molecule has 0 fully saturated rings. The molecule has 0 unspecified atom stereocenters. The van der Waals surface area contributed by atoms with Gasteiger partial charge in [0.15, 0.2) is 0 Å². The lowest BCUT2D eigenvalue weighted by Gasteiger charge is -2.14. The molecule has 0 spiro atoms. The summed E-state index contributed by atoms with van der Waals surface area (Å²) in [7, 11) is 1.54. The lowest BCUT2D eigenvalue weighted by molar-refractivity contribution is -0.137. The third-order valence-corrected chi connectivity index (χ3v) is 5.75. The van der Waals surface area contributed by atoms with E-state index in [1.165, 1.54) is 16.7 Å². The molecule has 1 aliphatic rings. The number of carbonyl (C=O) groups is 2. The van der Waals surface area contributed by atoms with E-state index >= 15 is 0 Å². The van der Waals surface area contributed by atoms with Gasteiger partial charge < -0.3 is 9.47 Å². The van der Waals surface area contributed by atoms with Gasteiger partial charge in [0.25, 0.3) is 11.8 Å². The van der Waals surface area contributed by atoms with E-state index < -0.39 is 0 Å². The maximum absolute atomic E-state index is 13.1. The van der Waals surface area contributed by atoms with Crippen molar-refractivity contribution in [2.24, 2.45) is 5.92 Å². The van der Waals surface area contributed by atoms with Gasteiger partial charge in [0, 0.05) is 17.0 Å². The summed E-state index contributed by atoms with van der Waals surface area (Å²) in [5.41, 5.74) is 1.08. The largest absolute Gasteiger partial charge is 0.493 e. The number of amides is 2. The van der Waals surface area contributed by atoms with E-state index in [0.717, 1.165) is 10.6 Å². The van der Waals surface area contributed by atoms with Crippen LogP contribution in [0.4, 0.5) is 0 Å². The van der Waals surface area contributed by atoms with E-state index in [-0.39, 0.29) is 25.0 Å². The Hall–Kier alpha value is -2.28. The van der Waals surface area contributed by atoms with Crippen LogP contribution in [0.2, 0.25) is 5.02 Å². The fraction of sp³-hybridized carbons (Fsp3) is 0.304. The first-order valence-corrected chi connectivity index (χ1v) is 10.9. The van der Waals surface area contributed by atoms with Gasteiger partial charge in [-0.1, -0.05) is 49.3 Å². The minimum absolute atomic E-state index is 0.206. The standard InChI is InChI=1S/C23H24ClNO4S/c1-15(2)14-29-18-8-4-16(5-9-18)20-21(30-19-10-6-17(24)7-11-19)23(27)25(22(20)26)12-13-28-3/h4-11,15H,12-14H2,1-3H3. The monoisotopic (exact) mass is 445 g/mol. The van der Waals surface area contributed by atoms with Crippen LogP contribution in [0.3, 0.4) is 0 Å². The molecule has 158 valence electrons. The quantitative estimate of drug-likeness (QED) is 0.514. The van der Waals surface area contributed by atoms with Crippen molar-refractivity contribution in [2.75, 3.05) is 26.9 Å². The summed E-state index contributed by atoms with van der Waals surface area (Å²) >= 11 is 7.24. The molecular weight excluding hydrogens is 422 g/mol. The summed E-state index contributed by atoms with van der Waals surface area (Å²) in [6, 6.07) is 14.5. The molecular formula is C23H24ClNO4S. The number of benzene rings is 2. The number of halogens is 1. The lowest BCUT2D eigenvalue weighted by atomic mass is 10.1. The first kappa shape index (κ1) is 22.4. The highest BCUT2D eigenvalue weighted by Gasteiger charge is 2.39. The Morgan fingerprint density at radius 2 is 1.67 bits per heavy atom. The van der Waals surface area contributed by atoms with Crippen molar-refractivity contribution in [3.05, 3.63) is 64.0 Å². The molecule has 2 amide bonds. The zero-order valence-electron chi connectivity index (χ0n) is 17.2. The number of nitrogens with zero attached hydrogens (tertiary/aromatic N) is 1. The van der Waals surface area contributed by atoms with Crippen molar-refractivity contribution in [1.29, 1.82) is 0 Å². The van der Waals surface area contributed by atoms with E-state index in [1.54, 1.807) is 19.2 Å². The number of rotatable bonds is 9. The number of hydrogen-bond acceptors (Lipinski definition) is 5. The van der Waals surface area contributed by atoms with Gasteiger partial charge in [-0.25, -0.2) is 0 Å². The van der Waals surface area contributed by atoms with Crippen molar-refractivity contribution < 1.29 is 19.1 Å². The minimum Gasteiger partial charge on any atom is -0.493 e. The molecule has 5 nitrogen and oxygen atoms in total. The van der Waals surface area contributed by atoms with Crippen molar-refractivity contribution in [2.45, 2.75) is 18.7 Å². The van der Waals surface area contributed by atoms with Crippen LogP contribution in [0.1, 0.15) is 19.4 Å². The van der Waals surface area contributed by atoms with Gasteiger partial charge in [-0.2, -0.15) is 0 Å². The van der Waals surface area contributed by atoms with E-state index in [2.05, 4.69) is 13.8 Å². The summed E-state index contributed by atoms with van der Waals surface area (Å²) in [6.07, 6.45) is 0. The molecule has 0 atom stereocenters. The van der Waals surface area contributed by atoms with Crippen molar-refractivity contribution in [3.8, 4) is 5.75 Å². The van der Waals surface area contributed by atoms with Crippen molar-refractivity contribution >= 4 is 40.8 Å². The second-order valence-corrected chi connectivity index (χ2v) is 8.76. The Kier molecular flexibility index (Phi) is 7.58. The first-order chi connectivity index (χ1) is 14.4. The van der Waals surface area contributed by atoms with Gasteiger partial charge in [0.1, 0.15) is 5.75 Å². The van der Waals surface area contributed by atoms with Crippen LogP contribution in [0.25, 0.3) is 5.57 Å². The molecule has 1 aliphatic heterocycles. The Bertz CT molecular complexity index is 939. The molecule has 1 heterocycles. The topological polar surface area (TPSA) is 55.8 Å². The van der Waals surface area contributed by atoms with Crippen LogP contribution in [-0.2, 0) is 14.3 Å². The fourth-order valence-corrected chi connectivity index (χ4v) is 4.03. The third-order valence-electron chi connectivity index (χ3n) is 4.40. The van der Waals surface area contributed by atoms with Gasteiger partial charge >= 0.3 is 0 Å². The number of imide groups is 1. The maximum atomic E-state index is 13.1. The van der Waals surface area contributed by atoms with Crippen LogP contribution < -0.4 is 4.74 Å². The Morgan fingerprint density at radius 1 is 1.00 bits per heavy atom. The number of thioether (sulfide) groups is 1. The van der Waals surface area contributed by atoms with E-state index in [1.807, 2.05) is 36.4 Å². The smallest absolute Gasteiger partial charge is 0.268 e. The van der Waals surface area contributed by atoms with Gasteiger partial charge in [-0.05, 0) is 47.9 Å². The molecule has 3 rings (SSSR count). The highest BCUT2D eigenvalue weighted by atomic mass is 35.5. The van der Waals surface area contributed by atoms with Crippen LogP contribution in [0, 0.1) is 5.92 Å². The van der Waals surface area contributed by atoms with E-state index in [4.69, 9.17) is 21.1 Å². The number of methoxy groups -OCH3 is 1. The van der Waals surface area contributed by atoms with Crippen LogP contribution in [-0.4, -0.2) is 43.6 Å². The molecule has 0 saturated carbocycles. The van der Waals surface area contributed by atoms with E-state index in [0.29, 0.717) is 33.6 Å². The molecule has 0 radical (unpaired) electrons. The summed E-state index contributed by atoms with van der Waals surface area (Å²) in [5, 5.41) is 0.612. The second kappa shape index (κ2) is 10.2. The second-order valence-electron chi connectivity index (χ2n) is 7.24. The average Bonchev–Trinajstić information content (AvgIpc) is 2.96. The van der Waals surface area contributed by atoms with Gasteiger partial charge in [0.05, 0.1) is 30.2 Å². The first-order valence-electron chi connectivity index (χ1n) is 9.66. The van der Waals surface area contributed by atoms with E-state index in [9.17, 15) is 9.59 Å². The summed E-state index contributed by atoms with van der Waals surface area (Å²) in [5.74, 6) is 0.516. The molecule has 30 heavy (non-hydrogen) atoms. The Balaban J connectivity index is 1.93. The van der Waals surface area contributed by atoms with Crippen LogP contribution >= 0.6 is 23.4 Å². The van der Waals surface area contributed by atoms with Crippen LogP contribution in [0.15, 0.2) is 58.3 Å². The Labute approximate surface area is 186 Å². The molecule has 0 saturated heterocycles. The Morgan fingerprint density at radius 3 is 2.27 bits per heavy atom.